The fraction of sp³-hybridized carbons (Fsp3) is 0.333. The fourth-order valence-electron chi connectivity index (χ4n) is 3.12. The van der Waals surface area contributed by atoms with Gasteiger partial charge in [-0.15, -0.1) is 0 Å². The van der Waals surface area contributed by atoms with Gasteiger partial charge >= 0.3 is 5.97 Å². The maximum atomic E-state index is 12.8. The second-order valence-electron chi connectivity index (χ2n) is 6.86. The highest BCUT2D eigenvalue weighted by Crippen LogP contribution is 2.36. The highest BCUT2D eigenvalue weighted by atomic mass is 35.5. The van der Waals surface area contributed by atoms with Crippen molar-refractivity contribution in [1.29, 1.82) is 0 Å². The molecule has 0 unspecified atom stereocenters. The van der Waals surface area contributed by atoms with Crippen LogP contribution in [0.3, 0.4) is 0 Å². The molecule has 12 heteroatoms. The molecule has 1 aliphatic heterocycles. The van der Waals surface area contributed by atoms with Crippen molar-refractivity contribution in [2.45, 2.75) is 4.90 Å². The fourth-order valence-corrected chi connectivity index (χ4v) is 4.86. The number of ether oxygens (including phenoxy) is 4. The number of carbonyl (C=O) groups excluding carboxylic acids is 2. The van der Waals surface area contributed by atoms with Crippen LogP contribution in [0.2, 0.25) is 5.02 Å². The number of morpholine rings is 1. The van der Waals surface area contributed by atoms with Gasteiger partial charge in [-0.1, -0.05) is 17.7 Å². The van der Waals surface area contributed by atoms with Crippen molar-refractivity contribution in [1.82, 2.24) is 4.31 Å². The standard InChI is InChI=1S/C21H23ClN2O8S/c1-29-18-11-14(10-17(22)20(18)30-2)21(26)32-13-19(25)23-15-4-3-5-16(12-15)33(27,28)24-6-8-31-9-7-24/h3-5,10-12H,6-9,13H2,1-2H3,(H,23,25). The van der Waals surface area contributed by atoms with E-state index in [-0.39, 0.29) is 45.8 Å². The Hall–Kier alpha value is -2.86. The third kappa shape index (κ3) is 5.93. The molecule has 1 fully saturated rings. The van der Waals surface area contributed by atoms with Crippen LogP contribution in [-0.2, 0) is 24.3 Å². The Kier molecular flexibility index (Phi) is 8.14. The summed E-state index contributed by atoms with van der Waals surface area (Å²) < 4.78 is 47.4. The number of nitrogens with one attached hydrogen (secondary N) is 1. The number of hydrogen-bond donors (Lipinski definition) is 1. The van der Waals surface area contributed by atoms with E-state index in [1.807, 2.05) is 0 Å². The van der Waals surface area contributed by atoms with Gasteiger partial charge in [-0.3, -0.25) is 4.79 Å². The predicted octanol–water partition coefficient (Wildman–Crippen LogP) is 2.17. The van der Waals surface area contributed by atoms with E-state index in [0.717, 1.165) is 0 Å². The quantitative estimate of drug-likeness (QED) is 0.550. The predicted molar refractivity (Wildman–Crippen MR) is 119 cm³/mol. The number of halogens is 1. The number of amides is 1. The van der Waals surface area contributed by atoms with Gasteiger partial charge in [0.05, 0.1) is 42.9 Å². The van der Waals surface area contributed by atoms with Gasteiger partial charge in [0.1, 0.15) is 0 Å². The molecule has 0 aromatic heterocycles. The summed E-state index contributed by atoms with van der Waals surface area (Å²) in [4.78, 5) is 24.6. The first-order chi connectivity index (χ1) is 15.8. The second kappa shape index (κ2) is 10.8. The summed E-state index contributed by atoms with van der Waals surface area (Å²) in [5.74, 6) is -0.937. The van der Waals surface area contributed by atoms with Crippen molar-refractivity contribution < 1.29 is 37.0 Å². The lowest BCUT2D eigenvalue weighted by Gasteiger charge is -2.26. The Labute approximate surface area is 196 Å². The molecule has 1 aliphatic rings. The average Bonchev–Trinajstić information content (AvgIpc) is 2.82. The number of anilines is 1. The minimum Gasteiger partial charge on any atom is -0.493 e. The van der Waals surface area contributed by atoms with Crippen LogP contribution in [0.5, 0.6) is 11.5 Å². The monoisotopic (exact) mass is 498 g/mol. The topological polar surface area (TPSA) is 120 Å². The number of benzene rings is 2. The van der Waals surface area contributed by atoms with E-state index in [4.69, 9.17) is 30.5 Å². The average molecular weight is 499 g/mol. The van der Waals surface area contributed by atoms with E-state index in [9.17, 15) is 18.0 Å². The van der Waals surface area contributed by atoms with Gasteiger partial charge in [0.15, 0.2) is 18.1 Å². The molecule has 1 amide bonds. The largest absolute Gasteiger partial charge is 0.493 e. The van der Waals surface area contributed by atoms with Gasteiger partial charge in [0.25, 0.3) is 5.91 Å². The minimum absolute atomic E-state index is 0.0409. The van der Waals surface area contributed by atoms with E-state index < -0.39 is 28.5 Å². The van der Waals surface area contributed by atoms with Crippen LogP contribution < -0.4 is 14.8 Å². The highest BCUT2D eigenvalue weighted by Gasteiger charge is 2.26. The van der Waals surface area contributed by atoms with E-state index in [1.165, 1.54) is 54.9 Å². The molecule has 10 nitrogen and oxygen atoms in total. The van der Waals surface area contributed by atoms with E-state index in [1.54, 1.807) is 0 Å². The molecule has 1 heterocycles. The molecule has 0 radical (unpaired) electrons. The smallest absolute Gasteiger partial charge is 0.338 e. The molecule has 178 valence electrons. The van der Waals surface area contributed by atoms with Crippen molar-refractivity contribution in [2.75, 3.05) is 52.4 Å². The number of carbonyl (C=O) groups is 2. The first kappa shape index (κ1) is 24.8. The molecule has 0 spiro atoms. The van der Waals surface area contributed by atoms with Gasteiger partial charge in [0, 0.05) is 18.8 Å². The molecule has 1 saturated heterocycles. The van der Waals surface area contributed by atoms with Crippen LogP contribution >= 0.6 is 11.6 Å². The first-order valence-electron chi connectivity index (χ1n) is 9.82. The van der Waals surface area contributed by atoms with Gasteiger partial charge in [-0.2, -0.15) is 4.31 Å². The normalized spacial score (nSPS) is 14.4. The Balaban J connectivity index is 1.63. The number of esters is 1. The maximum absolute atomic E-state index is 12.8. The zero-order valence-electron chi connectivity index (χ0n) is 18.0. The molecule has 0 aliphatic carbocycles. The van der Waals surface area contributed by atoms with E-state index in [0.29, 0.717) is 13.2 Å². The van der Waals surface area contributed by atoms with E-state index >= 15 is 0 Å². The van der Waals surface area contributed by atoms with Crippen LogP contribution in [0.4, 0.5) is 5.69 Å². The lowest BCUT2D eigenvalue weighted by molar-refractivity contribution is -0.119. The third-order valence-corrected chi connectivity index (χ3v) is 6.90. The van der Waals surface area contributed by atoms with Crippen LogP contribution in [-0.4, -0.2) is 71.7 Å². The summed E-state index contributed by atoms with van der Waals surface area (Å²) in [7, 11) is -0.914. The molecular weight excluding hydrogens is 476 g/mol. The van der Waals surface area contributed by atoms with Crippen molar-refractivity contribution in [3.05, 3.63) is 47.0 Å². The summed E-state index contributed by atoms with van der Waals surface area (Å²) in [5.41, 5.74) is 0.323. The Morgan fingerprint density at radius 1 is 1.12 bits per heavy atom. The van der Waals surface area contributed by atoms with Gasteiger partial charge in [-0.05, 0) is 30.3 Å². The molecule has 1 N–H and O–H groups in total. The summed E-state index contributed by atoms with van der Waals surface area (Å²) in [6.07, 6.45) is 0. The number of hydrogen-bond acceptors (Lipinski definition) is 8. The molecule has 0 atom stereocenters. The van der Waals surface area contributed by atoms with Crippen LogP contribution in [0.25, 0.3) is 0 Å². The zero-order valence-corrected chi connectivity index (χ0v) is 19.6. The summed E-state index contributed by atoms with van der Waals surface area (Å²) in [5, 5.41) is 2.67. The number of nitrogens with zero attached hydrogens (tertiary/aromatic N) is 1. The summed E-state index contributed by atoms with van der Waals surface area (Å²) in [6, 6.07) is 8.56. The lowest BCUT2D eigenvalue weighted by atomic mass is 10.2. The molecule has 0 saturated carbocycles. The van der Waals surface area contributed by atoms with Crippen molar-refractivity contribution in [2.24, 2.45) is 0 Å². The van der Waals surface area contributed by atoms with Crippen LogP contribution in [0, 0.1) is 0 Å². The van der Waals surface area contributed by atoms with Gasteiger partial charge in [-0.25, -0.2) is 13.2 Å². The molecule has 2 aromatic rings. The SMILES string of the molecule is COc1cc(C(=O)OCC(=O)Nc2cccc(S(=O)(=O)N3CCOCC3)c2)cc(Cl)c1OC. The first-order valence-corrected chi connectivity index (χ1v) is 11.6. The molecule has 3 rings (SSSR count). The molecule has 33 heavy (non-hydrogen) atoms. The number of sulfonamides is 1. The Bertz CT molecular complexity index is 1130. The zero-order chi connectivity index (χ0) is 24.0. The third-order valence-electron chi connectivity index (χ3n) is 4.73. The van der Waals surface area contributed by atoms with Crippen molar-refractivity contribution in [3.8, 4) is 11.5 Å². The van der Waals surface area contributed by atoms with Crippen molar-refractivity contribution >= 4 is 39.2 Å². The lowest BCUT2D eigenvalue weighted by Crippen LogP contribution is -2.40. The van der Waals surface area contributed by atoms with Crippen LogP contribution in [0.15, 0.2) is 41.3 Å². The van der Waals surface area contributed by atoms with Gasteiger partial charge < -0.3 is 24.3 Å². The molecular formula is C21H23ClN2O8S. The Morgan fingerprint density at radius 2 is 1.85 bits per heavy atom. The van der Waals surface area contributed by atoms with E-state index in [2.05, 4.69) is 5.32 Å². The van der Waals surface area contributed by atoms with Crippen molar-refractivity contribution in [3.63, 3.8) is 0 Å². The minimum atomic E-state index is -3.72. The molecule has 0 bridgehead atoms. The maximum Gasteiger partial charge on any atom is 0.338 e. The second-order valence-corrected chi connectivity index (χ2v) is 9.21. The Morgan fingerprint density at radius 3 is 2.52 bits per heavy atom. The van der Waals surface area contributed by atoms with Gasteiger partial charge in [0.2, 0.25) is 10.0 Å². The molecule has 2 aromatic carbocycles. The summed E-state index contributed by atoms with van der Waals surface area (Å²) >= 11 is 6.08. The number of rotatable bonds is 8. The highest BCUT2D eigenvalue weighted by molar-refractivity contribution is 7.89. The summed E-state index contributed by atoms with van der Waals surface area (Å²) in [6.45, 7) is 0.577. The van der Waals surface area contributed by atoms with Crippen LogP contribution in [0.1, 0.15) is 10.4 Å². The number of methoxy groups -OCH3 is 2.